The molecular weight excluding hydrogens is 152 g/mol. The van der Waals surface area contributed by atoms with Crippen LogP contribution in [0.2, 0.25) is 0 Å². The SMILES string of the molecule is CC.CC.CC(O)c1ccco1. The zero-order chi connectivity index (χ0) is 9.98. The largest absolute Gasteiger partial charge is 0.467 e. The van der Waals surface area contributed by atoms with E-state index in [4.69, 9.17) is 9.52 Å². The predicted octanol–water partition coefficient (Wildman–Crippen LogP) is 3.39. The monoisotopic (exact) mass is 172 g/mol. The van der Waals surface area contributed by atoms with Gasteiger partial charge in [-0.3, -0.25) is 0 Å². The Kier molecular flexibility index (Phi) is 11.8. The number of furan rings is 1. The van der Waals surface area contributed by atoms with E-state index in [-0.39, 0.29) is 0 Å². The summed E-state index contributed by atoms with van der Waals surface area (Å²) in [4.78, 5) is 0. The molecule has 0 aliphatic rings. The highest BCUT2D eigenvalue weighted by atomic mass is 16.4. The van der Waals surface area contributed by atoms with Crippen LogP contribution >= 0.6 is 0 Å². The highest BCUT2D eigenvalue weighted by Gasteiger charge is 1.99. The van der Waals surface area contributed by atoms with Crippen molar-refractivity contribution in [1.29, 1.82) is 0 Å². The molecule has 1 aromatic rings. The highest BCUT2D eigenvalue weighted by Crippen LogP contribution is 2.10. The molecule has 0 aromatic carbocycles. The molecule has 1 N–H and O–H groups in total. The van der Waals surface area contributed by atoms with Gasteiger partial charge in [0.1, 0.15) is 11.9 Å². The molecular formula is C10H20O2. The lowest BCUT2D eigenvalue weighted by Crippen LogP contribution is -1.84. The maximum Gasteiger partial charge on any atom is 0.131 e. The fourth-order valence-corrected chi connectivity index (χ4v) is 0.529. The molecule has 0 spiro atoms. The molecule has 2 nitrogen and oxygen atoms in total. The van der Waals surface area contributed by atoms with Gasteiger partial charge in [0.25, 0.3) is 0 Å². The molecule has 0 amide bonds. The van der Waals surface area contributed by atoms with Crippen molar-refractivity contribution >= 4 is 0 Å². The van der Waals surface area contributed by atoms with E-state index >= 15 is 0 Å². The smallest absolute Gasteiger partial charge is 0.131 e. The molecule has 72 valence electrons. The summed E-state index contributed by atoms with van der Waals surface area (Å²) < 4.78 is 4.84. The van der Waals surface area contributed by atoms with E-state index in [0.29, 0.717) is 5.76 Å². The summed E-state index contributed by atoms with van der Waals surface area (Å²) in [6, 6.07) is 3.49. The lowest BCUT2D eigenvalue weighted by molar-refractivity contribution is 0.169. The van der Waals surface area contributed by atoms with E-state index in [1.807, 2.05) is 27.7 Å². The first-order valence-electron chi connectivity index (χ1n) is 4.52. The van der Waals surface area contributed by atoms with Gasteiger partial charge in [-0.05, 0) is 19.1 Å². The van der Waals surface area contributed by atoms with Crippen LogP contribution in [-0.2, 0) is 0 Å². The maximum absolute atomic E-state index is 8.82. The molecule has 0 aliphatic carbocycles. The van der Waals surface area contributed by atoms with E-state index in [0.717, 1.165) is 0 Å². The highest BCUT2D eigenvalue weighted by molar-refractivity contribution is 4.99. The van der Waals surface area contributed by atoms with Crippen molar-refractivity contribution in [2.24, 2.45) is 0 Å². The van der Waals surface area contributed by atoms with Crippen LogP contribution in [-0.4, -0.2) is 5.11 Å². The fraction of sp³-hybridized carbons (Fsp3) is 0.600. The summed E-state index contributed by atoms with van der Waals surface area (Å²) in [7, 11) is 0. The van der Waals surface area contributed by atoms with Crippen molar-refractivity contribution in [3.8, 4) is 0 Å². The lowest BCUT2D eigenvalue weighted by Gasteiger charge is -1.94. The summed E-state index contributed by atoms with van der Waals surface area (Å²) in [6.07, 6.45) is 1.06. The predicted molar refractivity (Wildman–Crippen MR) is 52.0 cm³/mol. The van der Waals surface area contributed by atoms with Crippen LogP contribution in [0.25, 0.3) is 0 Å². The van der Waals surface area contributed by atoms with Crippen LogP contribution in [0.1, 0.15) is 46.5 Å². The lowest BCUT2D eigenvalue weighted by atomic mass is 10.3. The van der Waals surface area contributed by atoms with Gasteiger partial charge < -0.3 is 9.52 Å². The summed E-state index contributed by atoms with van der Waals surface area (Å²) in [5, 5.41) is 8.82. The molecule has 0 fully saturated rings. The van der Waals surface area contributed by atoms with Gasteiger partial charge in [0.15, 0.2) is 0 Å². The number of hydrogen-bond acceptors (Lipinski definition) is 2. The number of aliphatic hydroxyl groups excluding tert-OH is 1. The Balaban J connectivity index is 0. The first kappa shape index (κ1) is 13.8. The second-order valence-corrected chi connectivity index (χ2v) is 1.69. The number of hydrogen-bond donors (Lipinski definition) is 1. The minimum absolute atomic E-state index is 0.481. The van der Waals surface area contributed by atoms with E-state index < -0.39 is 6.10 Å². The molecule has 1 unspecified atom stereocenters. The van der Waals surface area contributed by atoms with Crippen molar-refractivity contribution < 1.29 is 9.52 Å². The van der Waals surface area contributed by atoms with Gasteiger partial charge in [-0.15, -0.1) is 0 Å². The van der Waals surface area contributed by atoms with Crippen LogP contribution in [0.4, 0.5) is 0 Å². The molecule has 2 heteroatoms. The standard InChI is InChI=1S/C6H8O2.2C2H6/c1-5(7)6-3-2-4-8-6;2*1-2/h2-5,7H,1H3;2*1-2H3. The minimum atomic E-state index is -0.481. The minimum Gasteiger partial charge on any atom is -0.467 e. The molecule has 1 heterocycles. The average Bonchev–Trinajstić information content (AvgIpc) is 2.64. The van der Waals surface area contributed by atoms with Crippen LogP contribution in [0.5, 0.6) is 0 Å². The first-order valence-corrected chi connectivity index (χ1v) is 4.52. The third-order valence-electron chi connectivity index (χ3n) is 0.955. The Morgan fingerprint density at radius 3 is 1.92 bits per heavy atom. The van der Waals surface area contributed by atoms with E-state index in [1.165, 1.54) is 0 Å². The van der Waals surface area contributed by atoms with Crippen LogP contribution in [0.3, 0.4) is 0 Å². The van der Waals surface area contributed by atoms with Crippen molar-refractivity contribution in [1.82, 2.24) is 0 Å². The van der Waals surface area contributed by atoms with Gasteiger partial charge in [-0.2, -0.15) is 0 Å². The van der Waals surface area contributed by atoms with E-state index in [2.05, 4.69) is 0 Å². The quantitative estimate of drug-likeness (QED) is 0.704. The fourth-order valence-electron chi connectivity index (χ4n) is 0.529. The Labute approximate surface area is 75.2 Å². The Morgan fingerprint density at radius 2 is 1.75 bits per heavy atom. The summed E-state index contributed by atoms with van der Waals surface area (Å²) in [5.41, 5.74) is 0. The molecule has 12 heavy (non-hydrogen) atoms. The Hall–Kier alpha value is -0.760. The summed E-state index contributed by atoms with van der Waals surface area (Å²) >= 11 is 0. The second kappa shape index (κ2) is 10.2. The zero-order valence-electron chi connectivity index (χ0n) is 8.66. The van der Waals surface area contributed by atoms with Gasteiger partial charge in [0.2, 0.25) is 0 Å². The third kappa shape index (κ3) is 5.98. The van der Waals surface area contributed by atoms with Gasteiger partial charge in [0, 0.05) is 0 Å². The molecule has 0 radical (unpaired) electrons. The summed E-state index contributed by atoms with van der Waals surface area (Å²) in [6.45, 7) is 9.67. The van der Waals surface area contributed by atoms with Gasteiger partial charge in [0.05, 0.1) is 6.26 Å². The van der Waals surface area contributed by atoms with Crippen LogP contribution in [0, 0.1) is 0 Å². The van der Waals surface area contributed by atoms with E-state index in [1.54, 1.807) is 25.3 Å². The van der Waals surface area contributed by atoms with Crippen LogP contribution in [0.15, 0.2) is 22.8 Å². The molecule has 0 saturated heterocycles. The maximum atomic E-state index is 8.82. The first-order chi connectivity index (χ1) is 5.80. The van der Waals surface area contributed by atoms with Gasteiger partial charge in [-0.1, -0.05) is 27.7 Å². The average molecular weight is 172 g/mol. The molecule has 1 rings (SSSR count). The van der Waals surface area contributed by atoms with Crippen LogP contribution < -0.4 is 0 Å². The molecule has 1 atom stereocenters. The number of rotatable bonds is 1. The van der Waals surface area contributed by atoms with Crippen molar-refractivity contribution in [2.45, 2.75) is 40.7 Å². The van der Waals surface area contributed by atoms with Gasteiger partial charge in [-0.25, -0.2) is 0 Å². The Morgan fingerprint density at radius 1 is 1.25 bits per heavy atom. The molecule has 0 saturated carbocycles. The Bertz CT molecular complexity index is 143. The van der Waals surface area contributed by atoms with Crippen molar-refractivity contribution in [3.63, 3.8) is 0 Å². The molecule has 1 aromatic heterocycles. The normalized spacial score (nSPS) is 10.2. The van der Waals surface area contributed by atoms with Gasteiger partial charge >= 0.3 is 0 Å². The van der Waals surface area contributed by atoms with Crippen molar-refractivity contribution in [2.75, 3.05) is 0 Å². The topological polar surface area (TPSA) is 33.4 Å². The molecule has 0 bridgehead atoms. The second-order valence-electron chi connectivity index (χ2n) is 1.69. The third-order valence-corrected chi connectivity index (χ3v) is 0.955. The molecule has 0 aliphatic heterocycles. The number of aliphatic hydroxyl groups is 1. The van der Waals surface area contributed by atoms with Crippen molar-refractivity contribution in [3.05, 3.63) is 24.2 Å². The summed E-state index contributed by atoms with van der Waals surface area (Å²) in [5.74, 6) is 0.616. The zero-order valence-corrected chi connectivity index (χ0v) is 8.66. The van der Waals surface area contributed by atoms with E-state index in [9.17, 15) is 0 Å².